The second-order valence-corrected chi connectivity index (χ2v) is 6.48. The first-order valence-corrected chi connectivity index (χ1v) is 8.26. The van der Waals surface area contributed by atoms with E-state index < -0.39 is 0 Å². The van der Waals surface area contributed by atoms with E-state index in [0.29, 0.717) is 22.9 Å². The third-order valence-electron chi connectivity index (χ3n) is 4.61. The van der Waals surface area contributed by atoms with E-state index in [1.54, 1.807) is 0 Å². The van der Waals surface area contributed by atoms with E-state index >= 15 is 0 Å². The van der Waals surface area contributed by atoms with Crippen molar-refractivity contribution in [2.24, 2.45) is 0 Å². The summed E-state index contributed by atoms with van der Waals surface area (Å²) in [4.78, 5) is 9.36. The van der Waals surface area contributed by atoms with Crippen molar-refractivity contribution in [2.75, 3.05) is 31.1 Å². The molecular formula is C16H19ClN4O. The summed E-state index contributed by atoms with van der Waals surface area (Å²) in [5.74, 6) is 0.601. The Kier molecular flexibility index (Phi) is 3.76. The lowest BCUT2D eigenvalue weighted by atomic mass is 10.00. The van der Waals surface area contributed by atoms with Gasteiger partial charge < -0.3 is 9.42 Å². The average molecular weight is 319 g/mol. The van der Waals surface area contributed by atoms with Crippen LogP contribution in [0.25, 0.3) is 11.4 Å². The molecule has 2 fully saturated rings. The van der Waals surface area contributed by atoms with Gasteiger partial charge in [0.05, 0.1) is 0 Å². The van der Waals surface area contributed by atoms with Crippen LogP contribution in [-0.4, -0.2) is 47.3 Å². The number of anilines is 1. The Morgan fingerprint density at radius 2 is 2.14 bits per heavy atom. The minimum atomic E-state index is 0.601. The van der Waals surface area contributed by atoms with Gasteiger partial charge in [0.15, 0.2) is 0 Å². The zero-order chi connectivity index (χ0) is 14.9. The molecule has 1 aromatic heterocycles. The molecule has 1 atom stereocenters. The van der Waals surface area contributed by atoms with Crippen molar-refractivity contribution < 1.29 is 4.52 Å². The third kappa shape index (κ3) is 2.71. The molecule has 0 saturated carbocycles. The number of benzene rings is 1. The molecule has 0 aliphatic carbocycles. The van der Waals surface area contributed by atoms with Gasteiger partial charge in [-0.1, -0.05) is 35.3 Å². The minimum absolute atomic E-state index is 0.601. The summed E-state index contributed by atoms with van der Waals surface area (Å²) in [7, 11) is 0. The summed E-state index contributed by atoms with van der Waals surface area (Å²) in [5.41, 5.74) is 0.888. The molecule has 2 aliphatic rings. The van der Waals surface area contributed by atoms with Crippen LogP contribution in [0.4, 0.5) is 6.01 Å². The second kappa shape index (κ2) is 5.89. The van der Waals surface area contributed by atoms with E-state index in [9.17, 15) is 0 Å². The topological polar surface area (TPSA) is 45.4 Å². The van der Waals surface area contributed by atoms with Gasteiger partial charge in [-0.3, -0.25) is 4.90 Å². The van der Waals surface area contributed by atoms with Crippen molar-refractivity contribution in [1.82, 2.24) is 15.0 Å². The van der Waals surface area contributed by atoms with Gasteiger partial charge in [-0.2, -0.15) is 4.98 Å². The molecule has 2 aliphatic heterocycles. The Morgan fingerprint density at radius 3 is 3.05 bits per heavy atom. The third-order valence-corrected chi connectivity index (χ3v) is 4.84. The van der Waals surface area contributed by atoms with Crippen LogP contribution in [0.3, 0.4) is 0 Å². The van der Waals surface area contributed by atoms with Crippen molar-refractivity contribution in [1.29, 1.82) is 0 Å². The molecule has 1 unspecified atom stereocenters. The summed E-state index contributed by atoms with van der Waals surface area (Å²) in [6.45, 7) is 4.25. The lowest BCUT2D eigenvalue weighted by Gasteiger charge is -2.43. The number of aromatic nitrogens is 2. The quantitative estimate of drug-likeness (QED) is 0.851. The molecule has 1 aromatic carbocycles. The predicted molar refractivity (Wildman–Crippen MR) is 86.2 cm³/mol. The number of nitrogens with zero attached hydrogens (tertiary/aromatic N) is 4. The van der Waals surface area contributed by atoms with Gasteiger partial charge in [-0.15, -0.1) is 0 Å². The first kappa shape index (κ1) is 14.0. The molecule has 0 bridgehead atoms. The highest BCUT2D eigenvalue weighted by atomic mass is 35.5. The zero-order valence-electron chi connectivity index (χ0n) is 12.4. The van der Waals surface area contributed by atoms with E-state index in [-0.39, 0.29) is 0 Å². The molecule has 2 saturated heterocycles. The Bertz CT molecular complexity index is 659. The minimum Gasteiger partial charge on any atom is -0.322 e. The number of halogens is 1. The Hall–Kier alpha value is -1.59. The molecule has 2 aromatic rings. The lowest BCUT2D eigenvalue weighted by molar-refractivity contribution is 0.130. The van der Waals surface area contributed by atoms with Crippen molar-refractivity contribution in [2.45, 2.75) is 25.3 Å². The fourth-order valence-electron chi connectivity index (χ4n) is 3.42. The number of fused-ring (bicyclic) bond motifs is 1. The Labute approximate surface area is 134 Å². The van der Waals surface area contributed by atoms with Crippen LogP contribution in [0.5, 0.6) is 0 Å². The molecule has 116 valence electrons. The van der Waals surface area contributed by atoms with Crippen LogP contribution in [0.2, 0.25) is 5.02 Å². The maximum Gasteiger partial charge on any atom is 0.324 e. The van der Waals surface area contributed by atoms with Crippen LogP contribution >= 0.6 is 11.6 Å². The summed E-state index contributed by atoms with van der Waals surface area (Å²) in [6, 6.07) is 8.79. The van der Waals surface area contributed by atoms with Gasteiger partial charge >= 0.3 is 6.01 Å². The number of piperazine rings is 1. The summed E-state index contributed by atoms with van der Waals surface area (Å²) in [6.07, 6.45) is 3.92. The van der Waals surface area contributed by atoms with Crippen LogP contribution in [0.15, 0.2) is 28.8 Å². The number of piperidine rings is 1. The van der Waals surface area contributed by atoms with Crippen LogP contribution in [0, 0.1) is 0 Å². The van der Waals surface area contributed by atoms with Crippen LogP contribution in [-0.2, 0) is 0 Å². The highest BCUT2D eigenvalue weighted by molar-refractivity contribution is 6.30. The zero-order valence-corrected chi connectivity index (χ0v) is 13.2. The summed E-state index contributed by atoms with van der Waals surface area (Å²) >= 11 is 6.02. The normalized spacial score (nSPS) is 22.6. The smallest absolute Gasteiger partial charge is 0.322 e. The SMILES string of the molecule is Clc1cccc(-c2noc(N3CCN4CCCCC4C3)n2)c1. The second-order valence-electron chi connectivity index (χ2n) is 6.04. The van der Waals surface area contributed by atoms with E-state index in [0.717, 1.165) is 25.2 Å². The molecule has 3 heterocycles. The summed E-state index contributed by atoms with van der Waals surface area (Å²) in [5, 5.41) is 4.79. The number of rotatable bonds is 2. The van der Waals surface area contributed by atoms with Crippen LogP contribution in [0.1, 0.15) is 19.3 Å². The largest absolute Gasteiger partial charge is 0.324 e. The van der Waals surface area contributed by atoms with Gasteiger partial charge in [0.2, 0.25) is 5.82 Å². The van der Waals surface area contributed by atoms with Crippen molar-refractivity contribution in [3.8, 4) is 11.4 Å². The van der Waals surface area contributed by atoms with Gasteiger partial charge in [0.1, 0.15) is 0 Å². The lowest BCUT2D eigenvalue weighted by Crippen LogP contribution is -2.55. The summed E-state index contributed by atoms with van der Waals surface area (Å²) < 4.78 is 5.48. The molecule has 0 spiro atoms. The van der Waals surface area contributed by atoms with Crippen molar-refractivity contribution >= 4 is 17.6 Å². The molecule has 5 nitrogen and oxygen atoms in total. The van der Waals surface area contributed by atoms with Crippen molar-refractivity contribution in [3.05, 3.63) is 29.3 Å². The number of hydrogen-bond donors (Lipinski definition) is 0. The molecular weight excluding hydrogens is 300 g/mol. The molecule has 6 heteroatoms. The van der Waals surface area contributed by atoms with Gasteiger partial charge in [-0.05, 0) is 31.5 Å². The first-order valence-electron chi connectivity index (χ1n) is 7.88. The standard InChI is InChI=1S/C16H19ClN4O/c17-13-5-3-4-12(10-13)15-18-16(22-19-15)21-9-8-20-7-2-1-6-14(20)11-21/h3-5,10,14H,1-2,6-9,11H2. The number of hydrogen-bond acceptors (Lipinski definition) is 5. The van der Waals surface area contributed by atoms with E-state index in [1.165, 1.54) is 25.8 Å². The predicted octanol–water partition coefficient (Wildman–Crippen LogP) is 3.06. The van der Waals surface area contributed by atoms with Gasteiger partial charge in [-0.25, -0.2) is 0 Å². The molecule has 0 radical (unpaired) electrons. The Balaban J connectivity index is 1.52. The average Bonchev–Trinajstić information content (AvgIpc) is 3.04. The monoisotopic (exact) mass is 318 g/mol. The first-order chi connectivity index (χ1) is 10.8. The fourth-order valence-corrected chi connectivity index (χ4v) is 3.61. The van der Waals surface area contributed by atoms with Gasteiger partial charge in [0, 0.05) is 36.3 Å². The van der Waals surface area contributed by atoms with Crippen molar-refractivity contribution in [3.63, 3.8) is 0 Å². The van der Waals surface area contributed by atoms with E-state index in [2.05, 4.69) is 19.9 Å². The van der Waals surface area contributed by atoms with Crippen LogP contribution < -0.4 is 4.90 Å². The Morgan fingerprint density at radius 1 is 1.18 bits per heavy atom. The van der Waals surface area contributed by atoms with E-state index in [1.807, 2.05) is 24.3 Å². The van der Waals surface area contributed by atoms with E-state index in [4.69, 9.17) is 16.1 Å². The molecule has 0 N–H and O–H groups in total. The maximum absolute atomic E-state index is 6.02. The molecule has 22 heavy (non-hydrogen) atoms. The molecule has 4 rings (SSSR count). The maximum atomic E-state index is 6.02. The van der Waals surface area contributed by atoms with Gasteiger partial charge in [0.25, 0.3) is 0 Å². The molecule has 0 amide bonds. The fraction of sp³-hybridized carbons (Fsp3) is 0.500. The highest BCUT2D eigenvalue weighted by Crippen LogP contribution is 2.26. The highest BCUT2D eigenvalue weighted by Gasteiger charge is 2.31.